The minimum absolute atomic E-state index is 0.250. The summed E-state index contributed by atoms with van der Waals surface area (Å²) in [5.74, 6) is 0.878. The van der Waals surface area contributed by atoms with Gasteiger partial charge in [-0.1, -0.05) is 91.0 Å². The smallest absolute Gasteiger partial charge is 0.196 e. The highest BCUT2D eigenvalue weighted by Gasteiger charge is 2.26. The van der Waals surface area contributed by atoms with E-state index in [1.165, 1.54) is 0 Å². The highest BCUT2D eigenvalue weighted by atomic mass is 16.5. The normalized spacial score (nSPS) is 14.1. The van der Waals surface area contributed by atoms with E-state index in [1.807, 2.05) is 42.5 Å². The van der Waals surface area contributed by atoms with E-state index in [0.717, 1.165) is 99.5 Å². The van der Waals surface area contributed by atoms with E-state index in [2.05, 4.69) is 125 Å². The SMILES string of the molecule is c1ccc(C2Nc3ccc4ccc5ccc(N(c6ccc7oc8ccccc8c7c6)c6ccc7oc8ccccc8c7c6)cc5c4c3O2)cc1. The van der Waals surface area contributed by atoms with E-state index < -0.39 is 0 Å². The summed E-state index contributed by atoms with van der Waals surface area (Å²) in [6.45, 7) is 0. The zero-order valence-corrected chi connectivity index (χ0v) is 26.8. The van der Waals surface area contributed by atoms with Crippen molar-refractivity contribution in [1.29, 1.82) is 0 Å². The van der Waals surface area contributed by atoms with E-state index in [1.54, 1.807) is 0 Å². The largest absolute Gasteiger partial charge is 0.464 e. The van der Waals surface area contributed by atoms with Gasteiger partial charge in [-0.05, 0) is 82.9 Å². The average Bonchev–Trinajstić information content (AvgIpc) is 3.88. The Bertz CT molecular complexity index is 2850. The number of ether oxygens (including phenoxy) is 1. The summed E-state index contributed by atoms with van der Waals surface area (Å²) < 4.78 is 19.2. The number of furan rings is 2. The van der Waals surface area contributed by atoms with Gasteiger partial charge in [0.1, 0.15) is 22.3 Å². The Morgan fingerprint density at radius 3 is 1.64 bits per heavy atom. The Balaban J connectivity index is 1.14. The van der Waals surface area contributed by atoms with Crippen LogP contribution < -0.4 is 15.0 Å². The van der Waals surface area contributed by atoms with Crippen LogP contribution in [0.1, 0.15) is 11.8 Å². The van der Waals surface area contributed by atoms with Crippen LogP contribution in [0.5, 0.6) is 5.75 Å². The van der Waals surface area contributed by atoms with Crippen LogP contribution in [0.25, 0.3) is 65.4 Å². The van der Waals surface area contributed by atoms with Crippen LogP contribution in [-0.2, 0) is 0 Å². The third-order valence-corrected chi connectivity index (χ3v) is 10.1. The van der Waals surface area contributed by atoms with E-state index >= 15 is 0 Å². The molecule has 0 radical (unpaired) electrons. The fraction of sp³-hybridized carbons (Fsp3) is 0.0222. The molecule has 1 atom stereocenters. The lowest BCUT2D eigenvalue weighted by Gasteiger charge is -2.26. The quantitative estimate of drug-likeness (QED) is 0.193. The second-order valence-electron chi connectivity index (χ2n) is 13.0. The van der Waals surface area contributed by atoms with Gasteiger partial charge in [0.05, 0.1) is 5.69 Å². The first kappa shape index (κ1) is 27.3. The molecule has 0 amide bonds. The van der Waals surface area contributed by atoms with Crippen LogP contribution in [0.4, 0.5) is 22.7 Å². The molecule has 0 saturated heterocycles. The highest BCUT2D eigenvalue weighted by Crippen LogP contribution is 2.47. The zero-order valence-electron chi connectivity index (χ0n) is 26.8. The number of fused-ring (bicyclic) bond motifs is 11. The summed E-state index contributed by atoms with van der Waals surface area (Å²) in [7, 11) is 0. The first-order chi connectivity index (χ1) is 24.7. The number of nitrogens with one attached hydrogen (secondary N) is 1. The predicted molar refractivity (Wildman–Crippen MR) is 204 cm³/mol. The summed E-state index contributed by atoms with van der Waals surface area (Å²) >= 11 is 0. The molecule has 1 aliphatic rings. The number of benzene rings is 8. The first-order valence-electron chi connectivity index (χ1n) is 16.9. The molecule has 5 nitrogen and oxygen atoms in total. The molecule has 3 heterocycles. The lowest BCUT2D eigenvalue weighted by Crippen LogP contribution is -2.10. The third kappa shape index (κ3) is 4.07. The van der Waals surface area contributed by atoms with Crippen LogP contribution in [-0.4, -0.2) is 0 Å². The Kier molecular flexibility index (Phi) is 5.66. The maximum atomic E-state index is 6.70. The van der Waals surface area contributed by atoms with Crippen molar-refractivity contribution < 1.29 is 13.6 Å². The van der Waals surface area contributed by atoms with Gasteiger partial charge < -0.3 is 23.8 Å². The van der Waals surface area contributed by atoms with Crippen LogP contribution in [0.15, 0.2) is 167 Å². The number of hydrogen-bond acceptors (Lipinski definition) is 5. The van der Waals surface area contributed by atoms with Gasteiger partial charge in [0, 0.05) is 49.6 Å². The Hall–Kier alpha value is -6.72. The number of hydrogen-bond donors (Lipinski definition) is 1. The molecule has 0 fully saturated rings. The molecule has 5 heteroatoms. The Morgan fingerprint density at radius 2 is 0.960 bits per heavy atom. The fourth-order valence-electron chi connectivity index (χ4n) is 7.70. The lowest BCUT2D eigenvalue weighted by atomic mass is 9.99. The van der Waals surface area contributed by atoms with Gasteiger partial charge in [-0.25, -0.2) is 0 Å². The van der Waals surface area contributed by atoms with E-state index in [0.29, 0.717) is 0 Å². The maximum absolute atomic E-state index is 6.70. The van der Waals surface area contributed by atoms with Crippen molar-refractivity contribution in [1.82, 2.24) is 0 Å². The highest BCUT2D eigenvalue weighted by molar-refractivity contribution is 6.14. The summed E-state index contributed by atoms with van der Waals surface area (Å²) in [5, 5.41) is 12.5. The molecule has 1 unspecified atom stereocenters. The standard InChI is InChI=1S/C45H28N2O3/c1-2-8-29(9-3-1)45-46-38-21-17-28-15-14-27-16-18-30(24-35(27)43(28)44(38)50-45)47(31-19-22-41-36(25-31)33-10-4-6-12-39(33)48-41)32-20-23-42-37(26-32)34-11-5-7-13-40(34)49-42/h1-26,45-46H. The minimum atomic E-state index is -0.250. The molecule has 8 aromatic carbocycles. The number of para-hydroxylation sites is 2. The van der Waals surface area contributed by atoms with E-state index in [9.17, 15) is 0 Å². The summed E-state index contributed by atoms with van der Waals surface area (Å²) in [6, 6.07) is 55.1. The molecule has 0 bridgehead atoms. The minimum Gasteiger partial charge on any atom is -0.464 e. The van der Waals surface area contributed by atoms with Gasteiger partial charge in [-0.3, -0.25) is 0 Å². The molecule has 50 heavy (non-hydrogen) atoms. The van der Waals surface area contributed by atoms with Crippen molar-refractivity contribution >= 4 is 88.2 Å². The number of rotatable bonds is 4. The molecule has 236 valence electrons. The molecule has 10 aromatic rings. The predicted octanol–water partition coefficient (Wildman–Crippen LogP) is 12.8. The van der Waals surface area contributed by atoms with E-state index in [4.69, 9.17) is 13.6 Å². The molecule has 11 rings (SSSR count). The maximum Gasteiger partial charge on any atom is 0.196 e. The van der Waals surface area contributed by atoms with Crippen LogP contribution in [0.3, 0.4) is 0 Å². The topological polar surface area (TPSA) is 50.8 Å². The molecule has 0 saturated carbocycles. The molecule has 0 spiro atoms. The van der Waals surface area contributed by atoms with Crippen molar-refractivity contribution in [2.24, 2.45) is 0 Å². The second-order valence-corrected chi connectivity index (χ2v) is 13.0. The first-order valence-corrected chi connectivity index (χ1v) is 16.9. The second kappa shape index (κ2) is 10.4. The summed E-state index contributed by atoms with van der Waals surface area (Å²) in [4.78, 5) is 2.33. The number of nitrogens with zero attached hydrogens (tertiary/aromatic N) is 1. The van der Waals surface area contributed by atoms with Gasteiger partial charge >= 0.3 is 0 Å². The van der Waals surface area contributed by atoms with Crippen LogP contribution >= 0.6 is 0 Å². The van der Waals surface area contributed by atoms with Crippen molar-refractivity contribution in [3.05, 3.63) is 163 Å². The molecule has 0 aliphatic carbocycles. The number of anilines is 4. The zero-order chi connectivity index (χ0) is 32.8. The molecule has 2 aromatic heterocycles. The lowest BCUT2D eigenvalue weighted by molar-refractivity contribution is 0.263. The van der Waals surface area contributed by atoms with Gasteiger partial charge in [0.15, 0.2) is 12.0 Å². The molecule has 1 aliphatic heterocycles. The van der Waals surface area contributed by atoms with Crippen molar-refractivity contribution in [2.45, 2.75) is 6.23 Å². The average molecular weight is 645 g/mol. The van der Waals surface area contributed by atoms with Gasteiger partial charge in [0.2, 0.25) is 0 Å². The fourth-order valence-corrected chi connectivity index (χ4v) is 7.70. The monoisotopic (exact) mass is 644 g/mol. The molecular formula is C45H28N2O3. The van der Waals surface area contributed by atoms with E-state index in [-0.39, 0.29) is 6.23 Å². The van der Waals surface area contributed by atoms with Crippen LogP contribution in [0.2, 0.25) is 0 Å². The summed E-state index contributed by atoms with van der Waals surface area (Å²) in [6.07, 6.45) is -0.250. The van der Waals surface area contributed by atoms with Crippen molar-refractivity contribution in [3.63, 3.8) is 0 Å². The van der Waals surface area contributed by atoms with Gasteiger partial charge in [-0.2, -0.15) is 0 Å². The van der Waals surface area contributed by atoms with Gasteiger partial charge in [0.25, 0.3) is 0 Å². The molecule has 1 N–H and O–H groups in total. The van der Waals surface area contributed by atoms with Crippen molar-refractivity contribution in [3.8, 4) is 5.75 Å². The Morgan fingerprint density at radius 1 is 0.440 bits per heavy atom. The summed E-state index contributed by atoms with van der Waals surface area (Å²) in [5.41, 5.74) is 8.67. The Labute approximate surface area is 286 Å². The van der Waals surface area contributed by atoms with Gasteiger partial charge in [-0.15, -0.1) is 0 Å². The van der Waals surface area contributed by atoms with Crippen molar-refractivity contribution in [2.75, 3.05) is 10.2 Å². The van der Waals surface area contributed by atoms with Crippen LogP contribution in [0, 0.1) is 0 Å². The third-order valence-electron chi connectivity index (χ3n) is 10.1. The molecular weight excluding hydrogens is 617 g/mol.